The van der Waals surface area contributed by atoms with Crippen LogP contribution < -0.4 is 15.4 Å². The molecule has 0 saturated carbocycles. The highest BCUT2D eigenvalue weighted by molar-refractivity contribution is 14.1. The van der Waals surface area contributed by atoms with Crippen molar-refractivity contribution in [1.82, 2.24) is 5.32 Å². The van der Waals surface area contributed by atoms with E-state index in [4.69, 9.17) is 4.74 Å². The molecule has 1 unspecified atom stereocenters. The summed E-state index contributed by atoms with van der Waals surface area (Å²) in [5.41, 5.74) is 2.73. The molecule has 0 fully saturated rings. The Kier molecular flexibility index (Phi) is 6.87. The van der Waals surface area contributed by atoms with Gasteiger partial charge in [-0.05, 0) is 77.5 Å². The van der Waals surface area contributed by atoms with E-state index >= 15 is 0 Å². The van der Waals surface area contributed by atoms with Crippen molar-refractivity contribution in [1.29, 1.82) is 0 Å². The minimum absolute atomic E-state index is 0.0966. The third-order valence-corrected chi connectivity index (χ3v) is 5.31. The predicted molar refractivity (Wildman–Crippen MR) is 122 cm³/mol. The quantitative estimate of drug-likeness (QED) is 0.466. The monoisotopic (exact) mass is 500 g/mol. The van der Waals surface area contributed by atoms with Gasteiger partial charge in [0, 0.05) is 16.8 Å². The lowest BCUT2D eigenvalue weighted by Crippen LogP contribution is -2.26. The number of benzene rings is 3. The second kappa shape index (κ2) is 9.56. The van der Waals surface area contributed by atoms with Crippen molar-refractivity contribution < 1.29 is 14.3 Å². The van der Waals surface area contributed by atoms with Crippen molar-refractivity contribution >= 4 is 40.1 Å². The second-order valence-electron chi connectivity index (χ2n) is 6.49. The van der Waals surface area contributed by atoms with Crippen LogP contribution in [0.15, 0.2) is 72.8 Å². The largest absolute Gasteiger partial charge is 0.496 e. The number of halogens is 1. The fraction of sp³-hybridized carbons (Fsp3) is 0.130. The maximum atomic E-state index is 12.5. The molecule has 6 heteroatoms. The van der Waals surface area contributed by atoms with Crippen LogP contribution in [-0.4, -0.2) is 18.9 Å². The van der Waals surface area contributed by atoms with Crippen LogP contribution in [0.4, 0.5) is 5.69 Å². The Morgan fingerprint density at radius 2 is 1.55 bits per heavy atom. The predicted octanol–water partition coefficient (Wildman–Crippen LogP) is 5.04. The van der Waals surface area contributed by atoms with Gasteiger partial charge in [0.2, 0.25) is 0 Å². The maximum Gasteiger partial charge on any atom is 0.255 e. The first kappa shape index (κ1) is 20.9. The highest BCUT2D eigenvalue weighted by Gasteiger charge is 2.12. The Bertz CT molecular complexity index is 1000. The van der Waals surface area contributed by atoms with E-state index in [0.717, 1.165) is 14.9 Å². The molecule has 0 saturated heterocycles. The number of anilines is 1. The van der Waals surface area contributed by atoms with E-state index in [1.54, 1.807) is 49.6 Å². The molecule has 148 valence electrons. The summed E-state index contributed by atoms with van der Waals surface area (Å²) in [6.45, 7) is 1.94. The minimum Gasteiger partial charge on any atom is -0.496 e. The van der Waals surface area contributed by atoms with Crippen molar-refractivity contribution in [2.75, 3.05) is 12.4 Å². The molecule has 0 radical (unpaired) electrons. The molecular formula is C23H21IN2O3. The van der Waals surface area contributed by atoms with Crippen molar-refractivity contribution in [2.24, 2.45) is 0 Å². The highest BCUT2D eigenvalue weighted by atomic mass is 127. The van der Waals surface area contributed by atoms with Crippen LogP contribution in [0.5, 0.6) is 5.75 Å². The Morgan fingerprint density at radius 1 is 0.897 bits per heavy atom. The molecule has 3 rings (SSSR count). The third kappa shape index (κ3) is 5.35. The molecule has 0 bridgehead atoms. The molecule has 2 amide bonds. The summed E-state index contributed by atoms with van der Waals surface area (Å²) < 4.78 is 6.07. The van der Waals surface area contributed by atoms with Crippen molar-refractivity contribution in [3.63, 3.8) is 0 Å². The van der Waals surface area contributed by atoms with Gasteiger partial charge in [-0.1, -0.05) is 30.3 Å². The Labute approximate surface area is 183 Å². The fourth-order valence-corrected chi connectivity index (χ4v) is 3.56. The van der Waals surface area contributed by atoms with E-state index in [1.807, 2.05) is 37.3 Å². The molecule has 5 nitrogen and oxygen atoms in total. The molecule has 1 atom stereocenters. The van der Waals surface area contributed by atoms with Crippen LogP contribution in [0.3, 0.4) is 0 Å². The van der Waals surface area contributed by atoms with Gasteiger partial charge in [-0.2, -0.15) is 0 Å². The number of rotatable bonds is 6. The summed E-state index contributed by atoms with van der Waals surface area (Å²) in [5, 5.41) is 5.82. The van der Waals surface area contributed by atoms with Gasteiger partial charge in [0.25, 0.3) is 11.8 Å². The zero-order valence-electron chi connectivity index (χ0n) is 16.1. The number of hydrogen-bond acceptors (Lipinski definition) is 3. The molecule has 0 aliphatic carbocycles. The number of carbonyl (C=O) groups is 2. The standard InChI is InChI=1S/C23H21IN2O3/c1-15(16-6-4-3-5-7-16)25-22(27)17-8-11-19(12-9-17)26-23(28)18-10-13-21(29-2)20(24)14-18/h3-15H,1-2H3,(H,25,27)(H,26,28). The molecule has 0 aromatic heterocycles. The van der Waals surface area contributed by atoms with Gasteiger partial charge in [-0.25, -0.2) is 0 Å². The van der Waals surface area contributed by atoms with Crippen LogP contribution >= 0.6 is 22.6 Å². The normalized spacial score (nSPS) is 11.4. The Hall–Kier alpha value is -2.87. The van der Waals surface area contributed by atoms with Crippen molar-refractivity contribution in [3.8, 4) is 5.75 Å². The van der Waals surface area contributed by atoms with E-state index in [9.17, 15) is 9.59 Å². The number of hydrogen-bond donors (Lipinski definition) is 2. The summed E-state index contributed by atoms with van der Waals surface area (Å²) in [7, 11) is 1.59. The molecule has 2 N–H and O–H groups in total. The Morgan fingerprint density at radius 3 is 2.17 bits per heavy atom. The molecule has 0 aliphatic rings. The van der Waals surface area contributed by atoms with Gasteiger partial charge in [0.05, 0.1) is 16.7 Å². The first-order valence-corrected chi connectivity index (χ1v) is 10.2. The summed E-state index contributed by atoms with van der Waals surface area (Å²) in [6, 6.07) is 21.7. The van der Waals surface area contributed by atoms with Crippen molar-refractivity contribution in [2.45, 2.75) is 13.0 Å². The first-order valence-electron chi connectivity index (χ1n) is 9.08. The highest BCUT2D eigenvalue weighted by Crippen LogP contribution is 2.22. The molecule has 3 aromatic carbocycles. The van der Waals surface area contributed by atoms with Gasteiger partial charge in [-0.15, -0.1) is 0 Å². The van der Waals surface area contributed by atoms with E-state index < -0.39 is 0 Å². The van der Waals surface area contributed by atoms with Gasteiger partial charge in [-0.3, -0.25) is 9.59 Å². The lowest BCUT2D eigenvalue weighted by Gasteiger charge is -2.14. The average molecular weight is 500 g/mol. The summed E-state index contributed by atoms with van der Waals surface area (Å²) in [4.78, 5) is 24.9. The average Bonchev–Trinajstić information content (AvgIpc) is 2.74. The van der Waals surface area contributed by atoms with Gasteiger partial charge < -0.3 is 15.4 Å². The van der Waals surface area contributed by atoms with Crippen LogP contribution in [0.25, 0.3) is 0 Å². The second-order valence-corrected chi connectivity index (χ2v) is 7.65. The van der Waals surface area contributed by atoms with Crippen LogP contribution in [0, 0.1) is 3.57 Å². The van der Waals surface area contributed by atoms with E-state index in [2.05, 4.69) is 33.2 Å². The SMILES string of the molecule is COc1ccc(C(=O)Nc2ccc(C(=O)NC(C)c3ccccc3)cc2)cc1I. The Balaban J connectivity index is 1.63. The molecule has 0 spiro atoms. The summed E-state index contributed by atoms with van der Waals surface area (Å²) in [6.07, 6.45) is 0. The van der Waals surface area contributed by atoms with E-state index in [1.165, 1.54) is 0 Å². The number of nitrogens with one attached hydrogen (secondary N) is 2. The molecule has 29 heavy (non-hydrogen) atoms. The third-order valence-electron chi connectivity index (χ3n) is 4.47. The minimum atomic E-state index is -0.222. The van der Waals surface area contributed by atoms with Crippen LogP contribution in [0.1, 0.15) is 39.2 Å². The van der Waals surface area contributed by atoms with Crippen LogP contribution in [-0.2, 0) is 0 Å². The van der Waals surface area contributed by atoms with Gasteiger partial charge >= 0.3 is 0 Å². The van der Waals surface area contributed by atoms with Crippen LogP contribution in [0.2, 0.25) is 0 Å². The number of carbonyl (C=O) groups excluding carboxylic acids is 2. The molecule has 3 aromatic rings. The van der Waals surface area contributed by atoms with E-state index in [0.29, 0.717) is 16.8 Å². The fourth-order valence-electron chi connectivity index (χ4n) is 2.82. The first-order chi connectivity index (χ1) is 14.0. The summed E-state index contributed by atoms with van der Waals surface area (Å²) >= 11 is 2.13. The topological polar surface area (TPSA) is 67.4 Å². The lowest BCUT2D eigenvalue weighted by molar-refractivity contribution is 0.0939. The molecular weight excluding hydrogens is 479 g/mol. The smallest absolute Gasteiger partial charge is 0.255 e. The summed E-state index contributed by atoms with van der Waals surface area (Å²) in [5.74, 6) is 0.339. The molecule has 0 heterocycles. The lowest BCUT2D eigenvalue weighted by atomic mass is 10.1. The number of ether oxygens (including phenoxy) is 1. The van der Waals surface area contributed by atoms with Crippen molar-refractivity contribution in [3.05, 3.63) is 93.1 Å². The van der Waals surface area contributed by atoms with E-state index in [-0.39, 0.29) is 17.9 Å². The molecule has 0 aliphatic heterocycles. The van der Waals surface area contributed by atoms with Gasteiger partial charge in [0.15, 0.2) is 0 Å². The zero-order chi connectivity index (χ0) is 20.8. The zero-order valence-corrected chi connectivity index (χ0v) is 18.3. The maximum absolute atomic E-state index is 12.5. The van der Waals surface area contributed by atoms with Gasteiger partial charge in [0.1, 0.15) is 5.75 Å². The number of methoxy groups -OCH3 is 1. The number of amides is 2.